The number of anilines is 1. The van der Waals surface area contributed by atoms with Gasteiger partial charge in [-0.1, -0.05) is 57.5 Å². The molecule has 0 aliphatic carbocycles. The SMILES string of the molecule is CCCc1ccc(C(C)C)cc1-c1cccc(N2CC(C(=O)[O-])C2)c1. The largest absolute Gasteiger partial charge is 0.550 e. The monoisotopic (exact) mass is 336 g/mol. The quantitative estimate of drug-likeness (QED) is 0.809. The summed E-state index contributed by atoms with van der Waals surface area (Å²) in [7, 11) is 0. The van der Waals surface area contributed by atoms with Crippen LogP contribution in [0.15, 0.2) is 42.5 Å². The summed E-state index contributed by atoms with van der Waals surface area (Å²) in [6.07, 6.45) is 2.18. The van der Waals surface area contributed by atoms with Gasteiger partial charge in [0.05, 0.1) is 0 Å². The molecule has 25 heavy (non-hydrogen) atoms. The van der Waals surface area contributed by atoms with E-state index in [9.17, 15) is 9.90 Å². The first-order valence-corrected chi connectivity index (χ1v) is 9.18. The minimum atomic E-state index is -0.942. The molecule has 0 radical (unpaired) electrons. The predicted octanol–water partition coefficient (Wildman–Crippen LogP) is 3.62. The molecule has 132 valence electrons. The Balaban J connectivity index is 1.92. The molecule has 0 saturated carbocycles. The second-order valence-corrected chi connectivity index (χ2v) is 7.29. The van der Waals surface area contributed by atoms with E-state index in [1.54, 1.807) is 0 Å². The predicted molar refractivity (Wildman–Crippen MR) is 101 cm³/mol. The molecular formula is C22H26NO2-. The number of carboxylic acid groups (broad SMARTS) is 1. The Bertz CT molecular complexity index is 760. The number of benzene rings is 2. The molecule has 3 heteroatoms. The number of hydrogen-bond acceptors (Lipinski definition) is 3. The van der Waals surface area contributed by atoms with Crippen molar-refractivity contribution in [2.75, 3.05) is 18.0 Å². The lowest BCUT2D eigenvalue weighted by Gasteiger charge is -2.41. The van der Waals surface area contributed by atoms with Gasteiger partial charge in [0.15, 0.2) is 0 Å². The molecule has 0 spiro atoms. The summed E-state index contributed by atoms with van der Waals surface area (Å²) in [6, 6.07) is 15.3. The number of hydrogen-bond donors (Lipinski definition) is 0. The van der Waals surface area contributed by atoms with Crippen LogP contribution in [-0.2, 0) is 11.2 Å². The molecule has 0 amide bonds. The van der Waals surface area contributed by atoms with E-state index < -0.39 is 5.97 Å². The Morgan fingerprint density at radius 1 is 1.20 bits per heavy atom. The zero-order chi connectivity index (χ0) is 18.0. The first-order chi connectivity index (χ1) is 12.0. The average molecular weight is 336 g/mol. The molecule has 0 bridgehead atoms. The highest BCUT2D eigenvalue weighted by molar-refractivity contribution is 5.75. The van der Waals surface area contributed by atoms with Crippen LogP contribution in [0.3, 0.4) is 0 Å². The van der Waals surface area contributed by atoms with Crippen molar-refractivity contribution in [3.05, 3.63) is 53.6 Å². The Kier molecular flexibility index (Phi) is 5.12. The maximum atomic E-state index is 10.9. The van der Waals surface area contributed by atoms with Gasteiger partial charge in [-0.2, -0.15) is 0 Å². The third-order valence-electron chi connectivity index (χ3n) is 5.06. The van der Waals surface area contributed by atoms with Crippen molar-refractivity contribution >= 4 is 11.7 Å². The number of carboxylic acids is 1. The van der Waals surface area contributed by atoms with E-state index in [2.05, 4.69) is 68.1 Å². The van der Waals surface area contributed by atoms with Gasteiger partial charge in [0, 0.05) is 30.7 Å². The van der Waals surface area contributed by atoms with Crippen LogP contribution in [-0.4, -0.2) is 19.1 Å². The molecule has 0 aromatic heterocycles. The number of carbonyl (C=O) groups is 1. The van der Waals surface area contributed by atoms with Gasteiger partial charge in [0.25, 0.3) is 0 Å². The highest BCUT2D eigenvalue weighted by Gasteiger charge is 2.27. The highest BCUT2D eigenvalue weighted by Crippen LogP contribution is 2.33. The van der Waals surface area contributed by atoms with Gasteiger partial charge in [-0.25, -0.2) is 0 Å². The lowest BCUT2D eigenvalue weighted by atomic mass is 9.91. The molecule has 3 nitrogen and oxygen atoms in total. The van der Waals surface area contributed by atoms with E-state index in [1.165, 1.54) is 22.3 Å². The molecule has 1 heterocycles. The molecule has 2 aromatic carbocycles. The fourth-order valence-corrected chi connectivity index (χ4v) is 3.42. The second-order valence-electron chi connectivity index (χ2n) is 7.29. The minimum absolute atomic E-state index is 0.344. The zero-order valence-electron chi connectivity index (χ0n) is 15.3. The van der Waals surface area contributed by atoms with Crippen molar-refractivity contribution in [3.8, 4) is 11.1 Å². The van der Waals surface area contributed by atoms with E-state index in [4.69, 9.17) is 0 Å². The summed E-state index contributed by atoms with van der Waals surface area (Å²) >= 11 is 0. The zero-order valence-corrected chi connectivity index (χ0v) is 15.3. The van der Waals surface area contributed by atoms with Crippen LogP contribution in [0.4, 0.5) is 5.69 Å². The molecule has 0 N–H and O–H groups in total. The van der Waals surface area contributed by atoms with Crippen molar-refractivity contribution in [2.45, 2.75) is 39.5 Å². The lowest BCUT2D eigenvalue weighted by Crippen LogP contribution is -2.54. The molecule has 0 atom stereocenters. The summed E-state index contributed by atoms with van der Waals surface area (Å²) in [6.45, 7) is 7.72. The summed E-state index contributed by atoms with van der Waals surface area (Å²) < 4.78 is 0. The third-order valence-corrected chi connectivity index (χ3v) is 5.06. The lowest BCUT2D eigenvalue weighted by molar-refractivity contribution is -0.312. The van der Waals surface area contributed by atoms with Gasteiger partial charge >= 0.3 is 0 Å². The molecule has 3 rings (SSSR count). The van der Waals surface area contributed by atoms with Crippen molar-refractivity contribution in [3.63, 3.8) is 0 Å². The number of rotatable bonds is 6. The normalized spacial score (nSPS) is 14.6. The first kappa shape index (κ1) is 17.5. The van der Waals surface area contributed by atoms with Crippen molar-refractivity contribution in [1.29, 1.82) is 0 Å². The average Bonchev–Trinajstić information content (AvgIpc) is 2.54. The number of aryl methyl sites for hydroxylation is 1. The molecule has 1 fully saturated rings. The fraction of sp³-hybridized carbons (Fsp3) is 0.409. The Morgan fingerprint density at radius 2 is 1.96 bits per heavy atom. The molecule has 1 aliphatic rings. The van der Waals surface area contributed by atoms with Crippen LogP contribution in [0.2, 0.25) is 0 Å². The first-order valence-electron chi connectivity index (χ1n) is 9.18. The van der Waals surface area contributed by atoms with E-state index >= 15 is 0 Å². The maximum Gasteiger partial charge on any atom is 0.0480 e. The van der Waals surface area contributed by atoms with E-state index in [1.807, 2.05) is 0 Å². The standard InChI is InChI=1S/C22H27NO2/c1-4-6-16-9-10-17(15(2)3)12-21(16)18-7-5-8-20(11-18)23-13-19(14-23)22(24)25/h5,7-12,15,19H,4,6,13-14H2,1-3H3,(H,24,25)/p-1. The highest BCUT2D eigenvalue weighted by atomic mass is 16.4. The van der Waals surface area contributed by atoms with Gasteiger partial charge < -0.3 is 14.8 Å². The van der Waals surface area contributed by atoms with E-state index in [-0.39, 0.29) is 5.92 Å². The summed E-state index contributed by atoms with van der Waals surface area (Å²) in [5.74, 6) is -0.789. The van der Waals surface area contributed by atoms with Gasteiger partial charge in [0.1, 0.15) is 0 Å². The van der Waals surface area contributed by atoms with Crippen molar-refractivity contribution in [2.24, 2.45) is 5.92 Å². The maximum absolute atomic E-state index is 10.9. The number of nitrogens with zero attached hydrogens (tertiary/aromatic N) is 1. The van der Waals surface area contributed by atoms with E-state index in [0.29, 0.717) is 19.0 Å². The Morgan fingerprint density at radius 3 is 2.60 bits per heavy atom. The van der Waals surface area contributed by atoms with Crippen LogP contribution in [0.1, 0.15) is 44.2 Å². The molecule has 1 aliphatic heterocycles. The summed E-state index contributed by atoms with van der Waals surface area (Å²) in [4.78, 5) is 13.0. The Labute approximate surface area is 150 Å². The summed E-state index contributed by atoms with van der Waals surface area (Å²) in [5, 5.41) is 10.9. The summed E-state index contributed by atoms with van der Waals surface area (Å²) in [5.41, 5.74) is 6.32. The van der Waals surface area contributed by atoms with Gasteiger partial charge in [-0.05, 0) is 46.7 Å². The smallest absolute Gasteiger partial charge is 0.0480 e. The fourth-order valence-electron chi connectivity index (χ4n) is 3.42. The molecular weight excluding hydrogens is 310 g/mol. The van der Waals surface area contributed by atoms with Crippen molar-refractivity contribution in [1.82, 2.24) is 0 Å². The second kappa shape index (κ2) is 7.30. The number of carbonyl (C=O) groups excluding carboxylic acids is 1. The van der Waals surface area contributed by atoms with Crippen LogP contribution >= 0.6 is 0 Å². The molecule has 2 aromatic rings. The van der Waals surface area contributed by atoms with E-state index in [0.717, 1.165) is 18.5 Å². The molecule has 0 unspecified atom stereocenters. The molecule has 1 saturated heterocycles. The van der Waals surface area contributed by atoms with Gasteiger partial charge in [-0.3, -0.25) is 0 Å². The third kappa shape index (κ3) is 3.71. The Hall–Kier alpha value is -2.29. The van der Waals surface area contributed by atoms with Crippen LogP contribution in [0.5, 0.6) is 0 Å². The van der Waals surface area contributed by atoms with Crippen LogP contribution in [0, 0.1) is 5.92 Å². The van der Waals surface area contributed by atoms with Crippen LogP contribution in [0.25, 0.3) is 11.1 Å². The minimum Gasteiger partial charge on any atom is -0.550 e. The van der Waals surface area contributed by atoms with Gasteiger partial charge in [0.2, 0.25) is 0 Å². The van der Waals surface area contributed by atoms with Gasteiger partial charge in [-0.15, -0.1) is 0 Å². The van der Waals surface area contributed by atoms with Crippen LogP contribution < -0.4 is 10.0 Å². The number of aliphatic carboxylic acids is 1. The topological polar surface area (TPSA) is 43.4 Å². The van der Waals surface area contributed by atoms with Crippen molar-refractivity contribution < 1.29 is 9.90 Å².